The minimum atomic E-state index is -0.0683. The lowest BCUT2D eigenvalue weighted by atomic mass is 10.1. The summed E-state index contributed by atoms with van der Waals surface area (Å²) in [7, 11) is 0. The zero-order valence-electron chi connectivity index (χ0n) is 15.1. The van der Waals surface area contributed by atoms with Crippen molar-refractivity contribution in [3.05, 3.63) is 84.1 Å². The highest BCUT2D eigenvalue weighted by molar-refractivity contribution is 5.95. The molecule has 2 N–H and O–H groups in total. The summed E-state index contributed by atoms with van der Waals surface area (Å²) in [6.45, 7) is 1.54. The van der Waals surface area contributed by atoms with Crippen LogP contribution < -0.4 is 10.6 Å². The lowest BCUT2D eigenvalue weighted by molar-refractivity contribution is -0.116. The van der Waals surface area contributed by atoms with Crippen LogP contribution in [0, 0.1) is 0 Å². The molecule has 0 aliphatic rings. The third-order valence-electron chi connectivity index (χ3n) is 4.07. The number of aromatic nitrogens is 1. The van der Waals surface area contributed by atoms with Gasteiger partial charge < -0.3 is 10.6 Å². The summed E-state index contributed by atoms with van der Waals surface area (Å²) in [5.74, 6) is 0.461. The van der Waals surface area contributed by atoms with E-state index in [9.17, 15) is 9.59 Å². The molecule has 0 fully saturated rings. The van der Waals surface area contributed by atoms with Crippen LogP contribution in [0.15, 0.2) is 72.9 Å². The predicted octanol–water partition coefficient (Wildman–Crippen LogP) is 4.60. The number of Topliss-reactive ketones (excluding diaryl/α,β-unsaturated/α-hetero) is 1. The monoisotopic (exact) mass is 359 g/mol. The van der Waals surface area contributed by atoms with E-state index >= 15 is 0 Å². The van der Waals surface area contributed by atoms with Crippen LogP contribution in [-0.4, -0.2) is 16.7 Å². The van der Waals surface area contributed by atoms with Gasteiger partial charge in [0.1, 0.15) is 5.82 Å². The Balaban J connectivity index is 1.54. The first-order chi connectivity index (χ1) is 13.1. The standard InChI is InChI=1S/C22H21N3O2/c1-16(26)18-8-5-9-19(14-18)24-20-11-12-21(23-15-20)25-22(27)13-10-17-6-3-2-4-7-17/h2-9,11-12,14-15,24H,10,13H2,1H3,(H,23,25,27). The van der Waals surface area contributed by atoms with Gasteiger partial charge in [0.25, 0.3) is 0 Å². The van der Waals surface area contributed by atoms with E-state index in [1.165, 1.54) is 6.92 Å². The molecular formula is C22H21N3O2. The van der Waals surface area contributed by atoms with Crippen molar-refractivity contribution < 1.29 is 9.59 Å². The molecule has 2 aromatic carbocycles. The molecule has 0 bridgehead atoms. The normalized spacial score (nSPS) is 10.3. The molecule has 0 atom stereocenters. The third kappa shape index (κ3) is 5.51. The number of nitrogens with one attached hydrogen (secondary N) is 2. The highest BCUT2D eigenvalue weighted by Gasteiger charge is 2.05. The Bertz CT molecular complexity index is 922. The number of ketones is 1. The smallest absolute Gasteiger partial charge is 0.225 e. The molecule has 0 aliphatic carbocycles. The molecule has 0 saturated heterocycles. The second-order valence-corrected chi connectivity index (χ2v) is 6.23. The minimum absolute atomic E-state index is 0.0188. The summed E-state index contributed by atoms with van der Waals surface area (Å²) in [5, 5.41) is 6.00. The number of carbonyl (C=O) groups excluding carboxylic acids is 2. The lowest BCUT2D eigenvalue weighted by Gasteiger charge is -2.09. The maximum atomic E-state index is 12.1. The van der Waals surface area contributed by atoms with Crippen molar-refractivity contribution in [1.82, 2.24) is 4.98 Å². The predicted molar refractivity (Wildman–Crippen MR) is 107 cm³/mol. The molecule has 5 nitrogen and oxygen atoms in total. The van der Waals surface area contributed by atoms with Gasteiger partial charge in [-0.25, -0.2) is 4.98 Å². The number of pyridine rings is 1. The summed E-state index contributed by atoms with van der Waals surface area (Å²) in [4.78, 5) is 27.8. The summed E-state index contributed by atoms with van der Waals surface area (Å²) in [5.41, 5.74) is 3.37. The number of hydrogen-bond acceptors (Lipinski definition) is 4. The summed E-state index contributed by atoms with van der Waals surface area (Å²) >= 11 is 0. The fraction of sp³-hybridized carbons (Fsp3) is 0.136. The molecular weight excluding hydrogens is 338 g/mol. The van der Waals surface area contributed by atoms with Crippen LogP contribution in [0.5, 0.6) is 0 Å². The van der Waals surface area contributed by atoms with E-state index in [0.29, 0.717) is 24.2 Å². The first-order valence-electron chi connectivity index (χ1n) is 8.78. The van der Waals surface area contributed by atoms with Crippen molar-refractivity contribution in [3.8, 4) is 0 Å². The molecule has 1 heterocycles. The Hall–Kier alpha value is -3.47. The van der Waals surface area contributed by atoms with Gasteiger partial charge >= 0.3 is 0 Å². The zero-order valence-corrected chi connectivity index (χ0v) is 15.1. The first-order valence-corrected chi connectivity index (χ1v) is 8.78. The zero-order chi connectivity index (χ0) is 19.1. The van der Waals surface area contributed by atoms with Crippen molar-refractivity contribution in [3.63, 3.8) is 0 Å². The summed E-state index contributed by atoms with van der Waals surface area (Å²) in [6.07, 6.45) is 2.75. The summed E-state index contributed by atoms with van der Waals surface area (Å²) in [6, 6.07) is 20.8. The number of rotatable bonds is 7. The Morgan fingerprint density at radius 2 is 1.74 bits per heavy atom. The van der Waals surface area contributed by atoms with Crippen LogP contribution in [0.4, 0.5) is 17.2 Å². The van der Waals surface area contributed by atoms with Gasteiger partial charge in [-0.05, 0) is 43.2 Å². The van der Waals surface area contributed by atoms with Crippen LogP contribution in [-0.2, 0) is 11.2 Å². The number of amides is 1. The molecule has 0 saturated carbocycles. The van der Waals surface area contributed by atoms with Crippen molar-refractivity contribution in [2.75, 3.05) is 10.6 Å². The van der Waals surface area contributed by atoms with E-state index in [1.54, 1.807) is 24.4 Å². The van der Waals surface area contributed by atoms with E-state index in [0.717, 1.165) is 16.9 Å². The fourth-order valence-corrected chi connectivity index (χ4v) is 2.63. The quantitative estimate of drug-likeness (QED) is 0.605. The minimum Gasteiger partial charge on any atom is -0.354 e. The van der Waals surface area contributed by atoms with Crippen LogP contribution in [0.1, 0.15) is 29.3 Å². The van der Waals surface area contributed by atoms with Crippen molar-refractivity contribution in [2.24, 2.45) is 0 Å². The molecule has 0 spiro atoms. The highest BCUT2D eigenvalue weighted by Crippen LogP contribution is 2.18. The first kappa shape index (κ1) is 18.3. The highest BCUT2D eigenvalue weighted by atomic mass is 16.1. The topological polar surface area (TPSA) is 71.1 Å². The average molecular weight is 359 g/mol. The second kappa shape index (κ2) is 8.76. The Morgan fingerprint density at radius 1 is 0.926 bits per heavy atom. The number of nitrogens with zero attached hydrogens (tertiary/aromatic N) is 1. The van der Waals surface area contributed by atoms with E-state index in [-0.39, 0.29) is 11.7 Å². The second-order valence-electron chi connectivity index (χ2n) is 6.23. The average Bonchev–Trinajstić information content (AvgIpc) is 2.69. The van der Waals surface area contributed by atoms with Crippen LogP contribution >= 0.6 is 0 Å². The molecule has 3 rings (SSSR count). The molecule has 1 aromatic heterocycles. The van der Waals surface area contributed by atoms with Gasteiger partial charge in [0.15, 0.2) is 5.78 Å². The maximum absolute atomic E-state index is 12.1. The number of carbonyl (C=O) groups is 2. The fourth-order valence-electron chi connectivity index (χ4n) is 2.63. The van der Waals surface area contributed by atoms with Gasteiger partial charge in [0.2, 0.25) is 5.91 Å². The maximum Gasteiger partial charge on any atom is 0.225 e. The molecule has 1 amide bonds. The van der Waals surface area contributed by atoms with E-state index in [4.69, 9.17) is 0 Å². The largest absolute Gasteiger partial charge is 0.354 e. The van der Waals surface area contributed by atoms with Crippen LogP contribution in [0.25, 0.3) is 0 Å². The molecule has 27 heavy (non-hydrogen) atoms. The van der Waals surface area contributed by atoms with Gasteiger partial charge in [0.05, 0.1) is 11.9 Å². The third-order valence-corrected chi connectivity index (χ3v) is 4.07. The van der Waals surface area contributed by atoms with Crippen LogP contribution in [0.2, 0.25) is 0 Å². The Labute approximate surface area is 158 Å². The van der Waals surface area contributed by atoms with Gasteiger partial charge in [0, 0.05) is 17.7 Å². The van der Waals surface area contributed by atoms with E-state index in [1.807, 2.05) is 48.5 Å². The van der Waals surface area contributed by atoms with Gasteiger partial charge in [-0.2, -0.15) is 0 Å². The van der Waals surface area contributed by atoms with Crippen molar-refractivity contribution in [1.29, 1.82) is 0 Å². The number of hydrogen-bond donors (Lipinski definition) is 2. The van der Waals surface area contributed by atoms with Crippen molar-refractivity contribution >= 4 is 28.9 Å². The Kier molecular flexibility index (Phi) is 5.94. The SMILES string of the molecule is CC(=O)c1cccc(Nc2ccc(NC(=O)CCc3ccccc3)nc2)c1. The van der Waals surface area contributed by atoms with E-state index in [2.05, 4.69) is 15.6 Å². The van der Waals surface area contributed by atoms with Crippen molar-refractivity contribution in [2.45, 2.75) is 19.8 Å². The lowest BCUT2D eigenvalue weighted by Crippen LogP contribution is -2.13. The molecule has 136 valence electrons. The van der Waals surface area contributed by atoms with Crippen LogP contribution in [0.3, 0.4) is 0 Å². The molecule has 0 radical (unpaired) electrons. The number of anilines is 3. The molecule has 0 aliphatic heterocycles. The Morgan fingerprint density at radius 3 is 2.44 bits per heavy atom. The number of aryl methyl sites for hydroxylation is 1. The molecule has 3 aromatic rings. The molecule has 0 unspecified atom stereocenters. The van der Waals surface area contributed by atoms with E-state index < -0.39 is 0 Å². The summed E-state index contributed by atoms with van der Waals surface area (Å²) < 4.78 is 0. The van der Waals surface area contributed by atoms with Gasteiger partial charge in [-0.15, -0.1) is 0 Å². The molecule has 5 heteroatoms. The van der Waals surface area contributed by atoms with Gasteiger partial charge in [-0.3, -0.25) is 9.59 Å². The number of benzene rings is 2. The van der Waals surface area contributed by atoms with Gasteiger partial charge in [-0.1, -0.05) is 42.5 Å².